The van der Waals surface area contributed by atoms with Gasteiger partial charge in [-0.05, 0) is 61.1 Å². The summed E-state index contributed by atoms with van der Waals surface area (Å²) in [7, 11) is 4.74. The van der Waals surface area contributed by atoms with Crippen LogP contribution in [0.2, 0.25) is 0 Å². The number of methoxy groups -OCH3 is 3. The summed E-state index contributed by atoms with van der Waals surface area (Å²) in [5, 5.41) is 0. The van der Waals surface area contributed by atoms with Crippen molar-refractivity contribution in [1.82, 2.24) is 0 Å². The van der Waals surface area contributed by atoms with Gasteiger partial charge in [-0.25, -0.2) is 4.79 Å². The average molecular weight is 441 g/mol. The van der Waals surface area contributed by atoms with Gasteiger partial charge >= 0.3 is 5.97 Å². The molecule has 33 heavy (non-hydrogen) atoms. The molecule has 1 aliphatic carbocycles. The van der Waals surface area contributed by atoms with Crippen molar-refractivity contribution in [3.8, 4) is 34.5 Å². The Hall–Kier alpha value is -3.71. The number of carbonyl (C=O) groups is 1. The Morgan fingerprint density at radius 1 is 0.909 bits per heavy atom. The summed E-state index contributed by atoms with van der Waals surface area (Å²) < 4.78 is 16.4. The van der Waals surface area contributed by atoms with Gasteiger partial charge in [-0.2, -0.15) is 0 Å². The van der Waals surface area contributed by atoms with E-state index in [1.807, 2.05) is 49.4 Å². The van der Waals surface area contributed by atoms with E-state index in [0.29, 0.717) is 11.1 Å². The Morgan fingerprint density at radius 3 is 2.30 bits per heavy atom. The molecule has 4 heteroatoms. The van der Waals surface area contributed by atoms with E-state index >= 15 is 0 Å². The van der Waals surface area contributed by atoms with Crippen molar-refractivity contribution in [2.45, 2.75) is 32.1 Å². The molecule has 4 rings (SSSR count). The molecule has 3 aromatic rings. The van der Waals surface area contributed by atoms with Crippen LogP contribution in [0.1, 0.15) is 52.4 Å². The van der Waals surface area contributed by atoms with Crippen LogP contribution in [0, 0.1) is 18.8 Å². The Bertz CT molecular complexity index is 1270. The topological polar surface area (TPSA) is 44.8 Å². The first kappa shape index (κ1) is 22.5. The van der Waals surface area contributed by atoms with Gasteiger partial charge in [0.2, 0.25) is 0 Å². The van der Waals surface area contributed by atoms with Gasteiger partial charge in [0.05, 0.1) is 32.5 Å². The lowest BCUT2D eigenvalue weighted by Gasteiger charge is -2.19. The predicted octanol–water partition coefficient (Wildman–Crippen LogP) is 5.92. The third-order valence-electron chi connectivity index (χ3n) is 6.27. The molecule has 1 aliphatic rings. The molecule has 0 aromatic heterocycles. The van der Waals surface area contributed by atoms with Crippen molar-refractivity contribution in [1.29, 1.82) is 0 Å². The van der Waals surface area contributed by atoms with Crippen LogP contribution in [-0.4, -0.2) is 27.3 Å². The molecule has 0 amide bonds. The van der Waals surface area contributed by atoms with Crippen molar-refractivity contribution in [2.75, 3.05) is 21.3 Å². The molecule has 1 saturated carbocycles. The Labute approximate surface area is 195 Å². The summed E-state index contributed by atoms with van der Waals surface area (Å²) in [5.41, 5.74) is 6.08. The van der Waals surface area contributed by atoms with E-state index in [4.69, 9.17) is 14.2 Å². The van der Waals surface area contributed by atoms with E-state index in [-0.39, 0.29) is 5.41 Å². The third kappa shape index (κ3) is 4.45. The van der Waals surface area contributed by atoms with Crippen LogP contribution in [0.25, 0.3) is 11.1 Å². The van der Waals surface area contributed by atoms with Gasteiger partial charge in [0.15, 0.2) is 0 Å². The predicted molar refractivity (Wildman–Crippen MR) is 130 cm³/mol. The molecule has 0 aliphatic heterocycles. The lowest BCUT2D eigenvalue weighted by Crippen LogP contribution is -2.06. The zero-order valence-electron chi connectivity index (χ0n) is 19.7. The number of carbonyl (C=O) groups excluding carboxylic acids is 1. The number of ether oxygens (including phenoxy) is 3. The van der Waals surface area contributed by atoms with Gasteiger partial charge in [0.25, 0.3) is 0 Å². The van der Waals surface area contributed by atoms with Crippen LogP contribution in [0.5, 0.6) is 11.5 Å². The summed E-state index contributed by atoms with van der Waals surface area (Å²) in [5.74, 6) is 7.67. The van der Waals surface area contributed by atoms with Gasteiger partial charge in [-0.1, -0.05) is 48.6 Å². The molecule has 3 aromatic carbocycles. The quantitative estimate of drug-likeness (QED) is 0.365. The minimum absolute atomic E-state index is 0.0703. The van der Waals surface area contributed by atoms with Crippen molar-refractivity contribution in [3.05, 3.63) is 82.4 Å². The molecule has 0 heterocycles. The Balaban J connectivity index is 1.91. The van der Waals surface area contributed by atoms with Gasteiger partial charge in [-0.15, -0.1) is 0 Å². The van der Waals surface area contributed by atoms with Gasteiger partial charge in [0, 0.05) is 16.7 Å². The number of benzene rings is 3. The third-order valence-corrected chi connectivity index (χ3v) is 6.27. The SMILES string of the molecule is COC(=O)c1cc(C)ccc1C#Cc1cc(-c2ccccc2OC)cc(C2(C)CC2)c1OC. The number of hydrogen-bond acceptors (Lipinski definition) is 4. The van der Waals surface area contributed by atoms with Gasteiger partial charge < -0.3 is 14.2 Å². The monoisotopic (exact) mass is 440 g/mol. The van der Waals surface area contributed by atoms with Crippen LogP contribution in [0.15, 0.2) is 54.6 Å². The number of esters is 1. The number of rotatable bonds is 5. The minimum atomic E-state index is -0.399. The smallest absolute Gasteiger partial charge is 0.339 e. The van der Waals surface area contributed by atoms with Gasteiger partial charge in [0.1, 0.15) is 11.5 Å². The number of hydrogen-bond donors (Lipinski definition) is 0. The summed E-state index contributed by atoms with van der Waals surface area (Å²) >= 11 is 0. The van der Waals surface area contributed by atoms with Crippen LogP contribution in [0.3, 0.4) is 0 Å². The second kappa shape index (κ2) is 9.03. The van der Waals surface area contributed by atoms with Crippen molar-refractivity contribution < 1.29 is 19.0 Å². The highest BCUT2D eigenvalue weighted by atomic mass is 16.5. The highest BCUT2D eigenvalue weighted by Gasteiger charge is 2.42. The van der Waals surface area contributed by atoms with Crippen LogP contribution in [-0.2, 0) is 10.2 Å². The summed E-state index contributed by atoms with van der Waals surface area (Å²) in [4.78, 5) is 12.3. The second-order valence-corrected chi connectivity index (χ2v) is 8.66. The van der Waals surface area contributed by atoms with E-state index in [2.05, 4.69) is 24.8 Å². The maximum absolute atomic E-state index is 12.3. The molecule has 0 N–H and O–H groups in total. The summed E-state index contributed by atoms with van der Waals surface area (Å²) in [6.07, 6.45) is 2.21. The lowest BCUT2D eigenvalue weighted by atomic mass is 9.90. The van der Waals surface area contributed by atoms with Gasteiger partial charge in [-0.3, -0.25) is 0 Å². The molecule has 0 saturated heterocycles. The summed E-state index contributed by atoms with van der Waals surface area (Å²) in [6.45, 7) is 4.19. The Kier molecular flexibility index (Phi) is 6.16. The number of aryl methyl sites for hydroxylation is 1. The fourth-order valence-corrected chi connectivity index (χ4v) is 4.07. The number of para-hydroxylation sites is 1. The molecule has 0 radical (unpaired) electrons. The first-order valence-corrected chi connectivity index (χ1v) is 11.0. The molecule has 4 nitrogen and oxygen atoms in total. The first-order valence-electron chi connectivity index (χ1n) is 11.0. The van der Waals surface area contributed by atoms with E-state index in [9.17, 15) is 4.79 Å². The lowest BCUT2D eigenvalue weighted by molar-refractivity contribution is 0.0600. The van der Waals surface area contributed by atoms with Crippen LogP contribution < -0.4 is 9.47 Å². The molecule has 168 valence electrons. The van der Waals surface area contributed by atoms with E-state index in [1.54, 1.807) is 20.3 Å². The van der Waals surface area contributed by atoms with E-state index in [1.165, 1.54) is 7.11 Å². The van der Waals surface area contributed by atoms with Crippen molar-refractivity contribution >= 4 is 5.97 Å². The molecular weight excluding hydrogens is 412 g/mol. The zero-order chi connectivity index (χ0) is 23.6. The van der Waals surface area contributed by atoms with Crippen molar-refractivity contribution in [3.63, 3.8) is 0 Å². The fourth-order valence-electron chi connectivity index (χ4n) is 4.07. The molecule has 0 atom stereocenters. The highest BCUT2D eigenvalue weighted by molar-refractivity contribution is 5.92. The molecule has 1 fully saturated rings. The van der Waals surface area contributed by atoms with Crippen LogP contribution >= 0.6 is 0 Å². The molecule has 0 spiro atoms. The van der Waals surface area contributed by atoms with E-state index < -0.39 is 5.97 Å². The Morgan fingerprint density at radius 2 is 1.64 bits per heavy atom. The van der Waals surface area contributed by atoms with Crippen molar-refractivity contribution in [2.24, 2.45) is 0 Å². The highest BCUT2D eigenvalue weighted by Crippen LogP contribution is 2.52. The first-order chi connectivity index (χ1) is 15.9. The summed E-state index contributed by atoms with van der Waals surface area (Å²) in [6, 6.07) is 17.8. The average Bonchev–Trinajstić information content (AvgIpc) is 3.60. The normalized spacial score (nSPS) is 13.5. The molecule has 0 unspecified atom stereocenters. The largest absolute Gasteiger partial charge is 0.496 e. The maximum atomic E-state index is 12.3. The minimum Gasteiger partial charge on any atom is -0.496 e. The zero-order valence-corrected chi connectivity index (χ0v) is 19.7. The molecule has 0 bridgehead atoms. The standard InChI is InChI=1S/C29H28O4/c1-19-10-11-20(24(16-19)28(30)33-5)12-13-21-17-22(23-8-6-7-9-26(23)31-3)18-25(27(21)32-4)29(2)14-15-29/h6-11,16-18H,14-15H2,1-5H3. The maximum Gasteiger partial charge on any atom is 0.339 e. The second-order valence-electron chi connectivity index (χ2n) is 8.66. The van der Waals surface area contributed by atoms with E-state index in [0.717, 1.165) is 52.2 Å². The molecular formula is C29H28O4. The van der Waals surface area contributed by atoms with Crippen LogP contribution in [0.4, 0.5) is 0 Å². The fraction of sp³-hybridized carbons (Fsp3) is 0.276.